The Bertz CT molecular complexity index is 255. The van der Waals surface area contributed by atoms with Crippen LogP contribution in [0, 0.1) is 0 Å². The van der Waals surface area contributed by atoms with E-state index in [1.807, 2.05) is 6.20 Å². The molecule has 1 aliphatic rings. The van der Waals surface area contributed by atoms with E-state index in [-0.39, 0.29) is 0 Å². The third kappa shape index (κ3) is 1.45. The van der Waals surface area contributed by atoms with E-state index in [9.17, 15) is 0 Å². The molecule has 1 saturated carbocycles. The van der Waals surface area contributed by atoms with Gasteiger partial charge in [0.05, 0.1) is 0 Å². The number of hydrogen-bond acceptors (Lipinski definition) is 1. The van der Waals surface area contributed by atoms with Crippen molar-refractivity contribution in [3.8, 4) is 0 Å². The lowest BCUT2D eigenvalue weighted by Crippen LogP contribution is -2.08. The molecule has 1 fully saturated rings. The maximum absolute atomic E-state index is 4.10. The Kier molecular flexibility index (Phi) is 1.95. The van der Waals surface area contributed by atoms with E-state index in [1.165, 1.54) is 24.8 Å². The molecule has 1 aromatic heterocycles. The molecule has 0 saturated heterocycles. The second-order valence-corrected chi connectivity index (χ2v) is 3.85. The van der Waals surface area contributed by atoms with Crippen molar-refractivity contribution in [3.05, 3.63) is 28.5 Å². The van der Waals surface area contributed by atoms with Gasteiger partial charge in [0.1, 0.15) is 4.60 Å². The largest absolute Gasteiger partial charge is 0.249 e. The summed E-state index contributed by atoms with van der Waals surface area (Å²) >= 11 is 3.37. The van der Waals surface area contributed by atoms with Crippen molar-refractivity contribution >= 4 is 15.9 Å². The Hall–Kier alpha value is -0.370. The average molecular weight is 212 g/mol. The average Bonchev–Trinajstić information content (AvgIpc) is 1.83. The minimum atomic E-state index is 0.814. The lowest BCUT2D eigenvalue weighted by molar-refractivity contribution is 0.419. The fourth-order valence-corrected chi connectivity index (χ4v) is 1.80. The number of hydrogen-bond donors (Lipinski definition) is 0. The molecule has 0 spiro atoms. The van der Waals surface area contributed by atoms with Crippen LogP contribution >= 0.6 is 15.9 Å². The van der Waals surface area contributed by atoms with Crippen LogP contribution in [-0.4, -0.2) is 4.98 Å². The fourth-order valence-electron chi connectivity index (χ4n) is 1.41. The van der Waals surface area contributed by atoms with Gasteiger partial charge in [-0.1, -0.05) is 6.42 Å². The first-order chi connectivity index (χ1) is 5.36. The maximum Gasteiger partial charge on any atom is 0.106 e. The van der Waals surface area contributed by atoms with Crippen LogP contribution in [0.5, 0.6) is 0 Å². The Morgan fingerprint density at radius 3 is 2.82 bits per heavy atom. The van der Waals surface area contributed by atoms with E-state index < -0.39 is 0 Å². The van der Waals surface area contributed by atoms with Gasteiger partial charge in [-0.25, -0.2) is 4.98 Å². The van der Waals surface area contributed by atoms with Crippen LogP contribution in [0.3, 0.4) is 0 Å². The van der Waals surface area contributed by atoms with Gasteiger partial charge in [0.25, 0.3) is 0 Å². The van der Waals surface area contributed by atoms with Gasteiger partial charge in [-0.3, -0.25) is 0 Å². The van der Waals surface area contributed by atoms with E-state index in [2.05, 4.69) is 33.0 Å². The molecule has 0 atom stereocenters. The van der Waals surface area contributed by atoms with E-state index in [0.717, 1.165) is 10.5 Å². The van der Waals surface area contributed by atoms with Crippen molar-refractivity contribution in [1.82, 2.24) is 4.98 Å². The molecule has 0 N–H and O–H groups in total. The van der Waals surface area contributed by atoms with E-state index in [0.29, 0.717) is 0 Å². The normalized spacial score (nSPS) is 17.9. The van der Waals surface area contributed by atoms with Crippen molar-refractivity contribution in [1.29, 1.82) is 0 Å². The van der Waals surface area contributed by atoms with Gasteiger partial charge < -0.3 is 0 Å². The number of pyridine rings is 1. The van der Waals surface area contributed by atoms with Crippen LogP contribution in [0.15, 0.2) is 22.9 Å². The maximum atomic E-state index is 4.10. The highest BCUT2D eigenvalue weighted by atomic mass is 79.9. The highest BCUT2D eigenvalue weighted by Crippen LogP contribution is 2.36. The molecule has 1 nitrogen and oxygen atoms in total. The molecule has 1 aliphatic carbocycles. The summed E-state index contributed by atoms with van der Waals surface area (Å²) in [4.78, 5) is 4.10. The Labute approximate surface area is 75.0 Å². The first-order valence-electron chi connectivity index (χ1n) is 3.98. The third-order valence-electron chi connectivity index (χ3n) is 2.33. The summed E-state index contributed by atoms with van der Waals surface area (Å²) in [6.07, 6.45) is 5.98. The molecule has 0 radical (unpaired) electrons. The van der Waals surface area contributed by atoms with E-state index in [1.54, 1.807) is 0 Å². The highest BCUT2D eigenvalue weighted by molar-refractivity contribution is 9.10. The van der Waals surface area contributed by atoms with Crippen LogP contribution in [0.2, 0.25) is 0 Å². The molecule has 2 rings (SSSR count). The molecule has 11 heavy (non-hydrogen) atoms. The van der Waals surface area contributed by atoms with Crippen LogP contribution < -0.4 is 0 Å². The van der Waals surface area contributed by atoms with Crippen LogP contribution in [0.1, 0.15) is 30.7 Å². The molecule has 0 aromatic carbocycles. The van der Waals surface area contributed by atoms with Crippen molar-refractivity contribution in [2.45, 2.75) is 25.2 Å². The van der Waals surface area contributed by atoms with E-state index in [4.69, 9.17) is 0 Å². The first kappa shape index (κ1) is 7.29. The second-order valence-electron chi connectivity index (χ2n) is 3.04. The number of halogens is 1. The van der Waals surface area contributed by atoms with Gasteiger partial charge in [-0.2, -0.15) is 0 Å². The molecular formula is C9H10BrN. The van der Waals surface area contributed by atoms with Gasteiger partial charge in [0.2, 0.25) is 0 Å². The molecule has 1 heterocycles. The molecule has 58 valence electrons. The number of nitrogens with zero attached hydrogens (tertiary/aromatic N) is 1. The number of rotatable bonds is 1. The lowest BCUT2D eigenvalue weighted by Gasteiger charge is -2.25. The zero-order valence-corrected chi connectivity index (χ0v) is 7.84. The highest BCUT2D eigenvalue weighted by Gasteiger charge is 2.19. The van der Waals surface area contributed by atoms with Crippen LogP contribution in [-0.2, 0) is 0 Å². The summed E-state index contributed by atoms with van der Waals surface area (Å²) in [5.74, 6) is 0.814. The fraction of sp³-hybridized carbons (Fsp3) is 0.444. The van der Waals surface area contributed by atoms with Gasteiger partial charge in [-0.05, 0) is 52.4 Å². The Morgan fingerprint density at radius 1 is 1.45 bits per heavy atom. The first-order valence-corrected chi connectivity index (χ1v) is 4.77. The third-order valence-corrected chi connectivity index (χ3v) is 2.76. The SMILES string of the molecule is Brc1cc(C2CCC2)ccn1. The monoisotopic (exact) mass is 211 g/mol. The molecule has 0 unspecified atom stereocenters. The van der Waals surface area contributed by atoms with Crippen LogP contribution in [0.25, 0.3) is 0 Å². The van der Waals surface area contributed by atoms with Crippen molar-refractivity contribution in [2.24, 2.45) is 0 Å². The molecular weight excluding hydrogens is 202 g/mol. The Morgan fingerprint density at radius 2 is 2.27 bits per heavy atom. The van der Waals surface area contributed by atoms with E-state index >= 15 is 0 Å². The van der Waals surface area contributed by atoms with Crippen molar-refractivity contribution in [3.63, 3.8) is 0 Å². The topological polar surface area (TPSA) is 12.9 Å². The predicted molar refractivity (Wildman–Crippen MR) is 48.5 cm³/mol. The standard InChI is InChI=1S/C9H10BrN/c10-9-6-8(4-5-11-9)7-2-1-3-7/h4-7H,1-3H2. The molecule has 1 aromatic rings. The molecule has 2 heteroatoms. The summed E-state index contributed by atoms with van der Waals surface area (Å²) in [6, 6.07) is 4.25. The summed E-state index contributed by atoms with van der Waals surface area (Å²) in [5.41, 5.74) is 1.44. The van der Waals surface area contributed by atoms with Gasteiger partial charge >= 0.3 is 0 Å². The van der Waals surface area contributed by atoms with Gasteiger partial charge in [-0.15, -0.1) is 0 Å². The number of aromatic nitrogens is 1. The van der Waals surface area contributed by atoms with Crippen molar-refractivity contribution < 1.29 is 0 Å². The molecule has 0 amide bonds. The quantitative estimate of drug-likeness (QED) is 0.651. The summed E-state index contributed by atoms with van der Waals surface area (Å²) in [6.45, 7) is 0. The minimum absolute atomic E-state index is 0.814. The second kappa shape index (κ2) is 2.94. The van der Waals surface area contributed by atoms with Gasteiger partial charge in [0.15, 0.2) is 0 Å². The van der Waals surface area contributed by atoms with Crippen molar-refractivity contribution in [2.75, 3.05) is 0 Å². The Balaban J connectivity index is 2.23. The molecule has 0 bridgehead atoms. The summed E-state index contributed by atoms with van der Waals surface area (Å²) in [7, 11) is 0. The minimum Gasteiger partial charge on any atom is -0.249 e. The summed E-state index contributed by atoms with van der Waals surface area (Å²) in [5, 5.41) is 0. The predicted octanol–water partition coefficient (Wildman–Crippen LogP) is 3.11. The zero-order chi connectivity index (χ0) is 7.68. The molecule has 0 aliphatic heterocycles. The van der Waals surface area contributed by atoms with Gasteiger partial charge in [0, 0.05) is 6.20 Å². The smallest absolute Gasteiger partial charge is 0.106 e. The lowest BCUT2D eigenvalue weighted by atomic mass is 9.80. The zero-order valence-electron chi connectivity index (χ0n) is 6.26. The van der Waals surface area contributed by atoms with Crippen LogP contribution in [0.4, 0.5) is 0 Å². The summed E-state index contributed by atoms with van der Waals surface area (Å²) < 4.78 is 0.960.